The van der Waals surface area contributed by atoms with Crippen LogP contribution in [0, 0.1) is 0 Å². The number of nitrogens with one attached hydrogen (secondary N) is 2. The van der Waals surface area contributed by atoms with Crippen molar-refractivity contribution in [2.75, 3.05) is 26.1 Å². The van der Waals surface area contributed by atoms with Gasteiger partial charge >= 0.3 is 0 Å². The maximum atomic E-state index is 11.0. The summed E-state index contributed by atoms with van der Waals surface area (Å²) in [6.45, 7) is 1.24. The van der Waals surface area contributed by atoms with E-state index >= 15 is 0 Å². The Morgan fingerprint density at radius 2 is 1.97 bits per heavy atom. The number of anilines is 1. The van der Waals surface area contributed by atoms with Gasteiger partial charge in [-0.1, -0.05) is 18.9 Å². The monoisotopic (exact) mass is 451 g/mol. The Labute approximate surface area is 193 Å². The zero-order valence-electron chi connectivity index (χ0n) is 18.9. The average Bonchev–Trinajstić information content (AvgIpc) is 2.85. The van der Waals surface area contributed by atoms with E-state index in [1.54, 1.807) is 12.6 Å². The first-order valence-electron chi connectivity index (χ1n) is 11.1. The van der Waals surface area contributed by atoms with Gasteiger partial charge in [-0.3, -0.25) is 10.0 Å². The van der Waals surface area contributed by atoms with Gasteiger partial charge in [0, 0.05) is 30.8 Å². The van der Waals surface area contributed by atoms with Gasteiger partial charge in [-0.25, -0.2) is 15.5 Å². The molecule has 9 nitrogen and oxygen atoms in total. The summed E-state index contributed by atoms with van der Waals surface area (Å²) < 4.78 is 11.6. The third-order valence-corrected chi connectivity index (χ3v) is 5.75. The van der Waals surface area contributed by atoms with Crippen LogP contribution in [0.5, 0.6) is 11.5 Å². The summed E-state index contributed by atoms with van der Waals surface area (Å²) in [4.78, 5) is 22.6. The number of benzene rings is 2. The standard InChI is InChI=1S/C24H29N5O4/c1-25-17-9-8-16-14-29-15-26-20-13-21(32-2)22(12-18(20)24(29)27-19(16)11-17)33-10-6-4-3-5-7-23(30)28-31/h8-9,11-13,15,25,31H,3-7,10,14H2,1-2H3,(H,28,30). The van der Waals surface area contributed by atoms with Crippen LogP contribution < -0.4 is 20.3 Å². The first-order chi connectivity index (χ1) is 16.1. The van der Waals surface area contributed by atoms with Gasteiger partial charge in [0.15, 0.2) is 11.5 Å². The highest BCUT2D eigenvalue weighted by molar-refractivity contribution is 6.12. The van der Waals surface area contributed by atoms with Gasteiger partial charge in [0.05, 0.1) is 38.0 Å². The fraction of sp³-hybridized carbons (Fsp3) is 0.375. The summed E-state index contributed by atoms with van der Waals surface area (Å²) in [5, 5.41) is 11.7. The number of unbranched alkanes of at least 4 members (excludes halogenated alkanes) is 3. The second kappa shape index (κ2) is 10.4. The van der Waals surface area contributed by atoms with Gasteiger partial charge < -0.3 is 19.7 Å². The summed E-state index contributed by atoms with van der Waals surface area (Å²) >= 11 is 0. The van der Waals surface area contributed by atoms with Gasteiger partial charge in [0.1, 0.15) is 5.84 Å². The average molecular weight is 452 g/mol. The van der Waals surface area contributed by atoms with Crippen molar-refractivity contribution in [3.8, 4) is 11.5 Å². The second-order valence-electron chi connectivity index (χ2n) is 7.97. The Hall–Kier alpha value is -3.59. The lowest BCUT2D eigenvalue weighted by atomic mass is 10.0. The summed E-state index contributed by atoms with van der Waals surface area (Å²) in [6, 6.07) is 10.0. The molecule has 3 N–H and O–H groups in total. The number of carbonyl (C=O) groups is 1. The minimum atomic E-state index is -0.350. The lowest BCUT2D eigenvalue weighted by Crippen LogP contribution is -2.34. The van der Waals surface area contributed by atoms with Crippen LogP contribution >= 0.6 is 0 Å². The molecule has 9 heteroatoms. The molecule has 1 amide bonds. The van der Waals surface area contributed by atoms with Crippen LogP contribution in [0.1, 0.15) is 43.2 Å². The predicted molar refractivity (Wildman–Crippen MR) is 127 cm³/mol. The fourth-order valence-corrected chi connectivity index (χ4v) is 3.92. The van der Waals surface area contributed by atoms with Crippen LogP contribution in [-0.4, -0.2) is 49.0 Å². The summed E-state index contributed by atoms with van der Waals surface area (Å²) in [7, 11) is 3.52. The van der Waals surface area contributed by atoms with E-state index in [0.717, 1.165) is 59.7 Å². The lowest BCUT2D eigenvalue weighted by Gasteiger charge is -2.31. The molecule has 2 aliphatic heterocycles. The Balaban J connectivity index is 1.47. The van der Waals surface area contributed by atoms with E-state index < -0.39 is 0 Å². The van der Waals surface area contributed by atoms with Crippen molar-refractivity contribution in [3.05, 3.63) is 41.5 Å². The summed E-state index contributed by atoms with van der Waals surface area (Å²) in [5.74, 6) is 1.78. The number of carbonyl (C=O) groups excluding carboxylic acids is 1. The first kappa shape index (κ1) is 22.6. The van der Waals surface area contributed by atoms with Gasteiger partial charge in [-0.05, 0) is 36.6 Å². The van der Waals surface area contributed by atoms with Crippen LogP contribution in [-0.2, 0) is 11.3 Å². The molecule has 2 aliphatic rings. The molecule has 2 aromatic rings. The van der Waals surface area contributed by atoms with Gasteiger partial charge in [-0.15, -0.1) is 0 Å². The van der Waals surface area contributed by atoms with Gasteiger partial charge in [-0.2, -0.15) is 0 Å². The topological polar surface area (TPSA) is 108 Å². The maximum absolute atomic E-state index is 11.0. The molecule has 174 valence electrons. The molecule has 4 rings (SSSR count). The molecular formula is C24H29N5O4. The van der Waals surface area contributed by atoms with E-state index in [1.807, 2.05) is 36.5 Å². The number of hydrogen-bond acceptors (Lipinski definition) is 8. The number of hydroxylamine groups is 1. The van der Waals surface area contributed by atoms with Crippen molar-refractivity contribution in [1.29, 1.82) is 0 Å². The molecule has 0 fully saturated rings. The van der Waals surface area contributed by atoms with E-state index in [4.69, 9.17) is 19.7 Å². The predicted octanol–water partition coefficient (Wildman–Crippen LogP) is 4.14. The Bertz CT molecular complexity index is 1080. The molecule has 0 aromatic heterocycles. The molecule has 0 atom stereocenters. The number of methoxy groups -OCH3 is 1. The van der Waals surface area contributed by atoms with Crippen molar-refractivity contribution in [1.82, 2.24) is 10.4 Å². The SMILES string of the molecule is CNc1ccc2c(c1)N=C1c3cc(OCCCCCCC(=O)NO)c(OC)cc3N=CN1C2. The zero-order valence-corrected chi connectivity index (χ0v) is 18.9. The second-order valence-corrected chi connectivity index (χ2v) is 7.97. The smallest absolute Gasteiger partial charge is 0.243 e. The van der Waals surface area contributed by atoms with Gasteiger partial charge in [0.25, 0.3) is 0 Å². The molecule has 2 aromatic carbocycles. The highest BCUT2D eigenvalue weighted by atomic mass is 16.5. The lowest BCUT2D eigenvalue weighted by molar-refractivity contribution is -0.129. The number of amides is 1. The number of hydrogen-bond donors (Lipinski definition) is 3. The highest BCUT2D eigenvalue weighted by Crippen LogP contribution is 2.40. The maximum Gasteiger partial charge on any atom is 0.243 e. The quantitative estimate of drug-likeness (QED) is 0.285. The van der Waals surface area contributed by atoms with Crippen LogP contribution in [0.3, 0.4) is 0 Å². The largest absolute Gasteiger partial charge is 0.493 e. The Morgan fingerprint density at radius 1 is 1.12 bits per heavy atom. The number of fused-ring (bicyclic) bond motifs is 4. The molecule has 0 aliphatic carbocycles. The van der Waals surface area contributed by atoms with Crippen LogP contribution in [0.2, 0.25) is 0 Å². The highest BCUT2D eigenvalue weighted by Gasteiger charge is 2.27. The zero-order chi connectivity index (χ0) is 23.2. The van der Waals surface area contributed by atoms with Crippen molar-refractivity contribution < 1.29 is 19.5 Å². The minimum absolute atomic E-state index is 0.327. The van der Waals surface area contributed by atoms with Crippen molar-refractivity contribution in [3.63, 3.8) is 0 Å². The van der Waals surface area contributed by atoms with Crippen LogP contribution in [0.15, 0.2) is 40.3 Å². The van der Waals surface area contributed by atoms with Crippen molar-refractivity contribution >= 4 is 35.1 Å². The van der Waals surface area contributed by atoms with Crippen LogP contribution in [0.25, 0.3) is 0 Å². The normalized spacial score (nSPS) is 13.4. The summed E-state index contributed by atoms with van der Waals surface area (Å²) in [5.41, 5.74) is 6.47. The molecule has 33 heavy (non-hydrogen) atoms. The van der Waals surface area contributed by atoms with Crippen molar-refractivity contribution in [2.24, 2.45) is 9.98 Å². The van der Waals surface area contributed by atoms with E-state index in [1.165, 1.54) is 0 Å². The number of rotatable bonds is 10. The third-order valence-electron chi connectivity index (χ3n) is 5.75. The molecule has 0 spiro atoms. The Kier molecular flexibility index (Phi) is 7.09. The number of ether oxygens (including phenoxy) is 2. The molecule has 0 saturated carbocycles. The molecule has 0 saturated heterocycles. The number of nitrogens with zero attached hydrogens (tertiary/aromatic N) is 3. The Morgan fingerprint density at radius 3 is 2.76 bits per heavy atom. The first-order valence-corrected chi connectivity index (χ1v) is 11.1. The number of aliphatic imine (C=N–C) groups is 2. The van der Waals surface area contributed by atoms with E-state index in [0.29, 0.717) is 31.1 Å². The number of amidine groups is 1. The van der Waals surface area contributed by atoms with E-state index in [2.05, 4.69) is 22.4 Å². The minimum Gasteiger partial charge on any atom is -0.493 e. The van der Waals surface area contributed by atoms with Crippen LogP contribution in [0.4, 0.5) is 17.1 Å². The molecular weight excluding hydrogens is 422 g/mol. The molecule has 0 unspecified atom stereocenters. The van der Waals surface area contributed by atoms with Gasteiger partial charge in [0.2, 0.25) is 5.91 Å². The molecule has 0 bridgehead atoms. The molecule has 2 heterocycles. The summed E-state index contributed by atoms with van der Waals surface area (Å²) in [6.07, 6.45) is 5.56. The van der Waals surface area contributed by atoms with E-state index in [9.17, 15) is 4.79 Å². The fourth-order valence-electron chi connectivity index (χ4n) is 3.92. The van der Waals surface area contributed by atoms with E-state index in [-0.39, 0.29) is 5.91 Å². The van der Waals surface area contributed by atoms with Crippen molar-refractivity contribution in [2.45, 2.75) is 38.6 Å². The third kappa shape index (κ3) is 5.09. The molecule has 0 radical (unpaired) electrons.